The first-order valence-electron chi connectivity index (χ1n) is 8.45. The molecule has 0 heterocycles. The molecule has 3 rings (SSSR count). The second-order valence-corrected chi connectivity index (χ2v) is 7.80. The number of hydrogen-bond acceptors (Lipinski definition) is 0. The molecule has 0 radical (unpaired) electrons. The molecule has 0 aromatic carbocycles. The van der Waals surface area contributed by atoms with E-state index >= 15 is 0 Å². The van der Waals surface area contributed by atoms with E-state index in [4.69, 9.17) is 0 Å². The van der Waals surface area contributed by atoms with Crippen LogP contribution in [0.5, 0.6) is 0 Å². The normalized spacial score (nSPS) is 42.6. The molecule has 20 heavy (non-hydrogen) atoms. The van der Waals surface area contributed by atoms with E-state index in [-0.39, 0.29) is 0 Å². The van der Waals surface area contributed by atoms with Crippen molar-refractivity contribution in [2.45, 2.75) is 60.3 Å². The monoisotopic (exact) mass is 270 g/mol. The maximum absolute atomic E-state index is 2.57. The minimum atomic E-state index is 0.633. The van der Waals surface area contributed by atoms with Gasteiger partial charge in [-0.3, -0.25) is 0 Å². The molecule has 2 fully saturated rings. The maximum Gasteiger partial charge on any atom is -0.00197 e. The lowest BCUT2D eigenvalue weighted by Crippen LogP contribution is -2.18. The Morgan fingerprint density at radius 1 is 1.25 bits per heavy atom. The van der Waals surface area contributed by atoms with Crippen LogP contribution in [0.4, 0.5) is 0 Å². The molecule has 0 saturated heterocycles. The Kier molecular flexibility index (Phi) is 3.47. The molecule has 1 spiro atoms. The largest absolute Gasteiger partial charge is 0.0844 e. The van der Waals surface area contributed by atoms with Crippen LogP contribution in [-0.2, 0) is 0 Å². The van der Waals surface area contributed by atoms with Gasteiger partial charge in [-0.15, -0.1) is 0 Å². The Morgan fingerprint density at radius 2 is 2.00 bits per heavy atom. The standard InChI is InChI=1S/C20H30/c1-13(2)7-6-8-14(3)17-10-9-16(5)20-12-11-15(4)18(20)19(17)20/h7-9,15,17-19H,6,10-12H2,1-5H3/b14-8-. The van der Waals surface area contributed by atoms with Crippen molar-refractivity contribution in [1.82, 2.24) is 0 Å². The zero-order chi connectivity index (χ0) is 14.5. The van der Waals surface area contributed by atoms with Gasteiger partial charge in [0.05, 0.1) is 0 Å². The molecule has 5 unspecified atom stereocenters. The summed E-state index contributed by atoms with van der Waals surface area (Å²) < 4.78 is 0. The summed E-state index contributed by atoms with van der Waals surface area (Å²) >= 11 is 0. The summed E-state index contributed by atoms with van der Waals surface area (Å²) in [6.07, 6.45) is 12.7. The van der Waals surface area contributed by atoms with Gasteiger partial charge >= 0.3 is 0 Å². The van der Waals surface area contributed by atoms with Crippen LogP contribution in [0.25, 0.3) is 0 Å². The molecule has 5 atom stereocenters. The SMILES string of the molecule is CC(C)=CC/C=C(/C)C1CC=C(C)C23CCC(C)C2C13. The lowest BCUT2D eigenvalue weighted by molar-refractivity contribution is 0.357. The highest BCUT2D eigenvalue weighted by atomic mass is 14.8. The van der Waals surface area contributed by atoms with Crippen LogP contribution in [0, 0.1) is 29.1 Å². The van der Waals surface area contributed by atoms with Gasteiger partial charge in [-0.05, 0) is 82.5 Å². The van der Waals surface area contributed by atoms with E-state index in [1.807, 2.05) is 0 Å². The predicted octanol–water partition coefficient (Wildman–Crippen LogP) is 5.92. The first-order chi connectivity index (χ1) is 9.48. The summed E-state index contributed by atoms with van der Waals surface area (Å²) in [7, 11) is 0. The lowest BCUT2D eigenvalue weighted by Gasteiger charge is -2.28. The summed E-state index contributed by atoms with van der Waals surface area (Å²) in [6, 6.07) is 0. The number of rotatable bonds is 3. The van der Waals surface area contributed by atoms with E-state index in [1.165, 1.54) is 24.8 Å². The second-order valence-electron chi connectivity index (χ2n) is 7.80. The van der Waals surface area contributed by atoms with Crippen molar-refractivity contribution in [3.05, 3.63) is 34.9 Å². The van der Waals surface area contributed by atoms with Crippen molar-refractivity contribution < 1.29 is 0 Å². The fourth-order valence-electron chi connectivity index (χ4n) is 5.41. The third kappa shape index (κ3) is 1.95. The molecule has 3 aliphatic carbocycles. The van der Waals surface area contributed by atoms with Crippen LogP contribution < -0.4 is 0 Å². The third-order valence-corrected chi connectivity index (χ3v) is 6.49. The van der Waals surface area contributed by atoms with Crippen LogP contribution in [-0.4, -0.2) is 0 Å². The van der Waals surface area contributed by atoms with Gasteiger partial charge in [-0.1, -0.05) is 41.9 Å². The minimum absolute atomic E-state index is 0.633. The summed E-state index contributed by atoms with van der Waals surface area (Å²) in [6.45, 7) is 11.7. The molecular weight excluding hydrogens is 240 g/mol. The Bertz CT molecular complexity index is 486. The molecule has 2 saturated carbocycles. The fraction of sp³-hybridized carbons (Fsp3) is 0.700. The van der Waals surface area contributed by atoms with Crippen LogP contribution >= 0.6 is 0 Å². The average Bonchev–Trinajstić information content (AvgIpc) is 2.96. The van der Waals surface area contributed by atoms with Crippen LogP contribution in [0.2, 0.25) is 0 Å². The third-order valence-electron chi connectivity index (χ3n) is 6.49. The highest BCUT2D eigenvalue weighted by Gasteiger charge is 2.72. The van der Waals surface area contributed by atoms with Crippen molar-refractivity contribution in [2.24, 2.45) is 29.1 Å². The van der Waals surface area contributed by atoms with Gasteiger partial charge in [-0.2, -0.15) is 0 Å². The summed E-state index contributed by atoms with van der Waals surface area (Å²) in [5.41, 5.74) is 5.44. The van der Waals surface area contributed by atoms with Gasteiger partial charge < -0.3 is 0 Å². The van der Waals surface area contributed by atoms with Gasteiger partial charge in [0.25, 0.3) is 0 Å². The van der Waals surface area contributed by atoms with Gasteiger partial charge in [0.1, 0.15) is 0 Å². The molecule has 0 heteroatoms. The molecule has 0 nitrogen and oxygen atoms in total. The summed E-state index contributed by atoms with van der Waals surface area (Å²) in [4.78, 5) is 0. The predicted molar refractivity (Wildman–Crippen MR) is 87.5 cm³/mol. The highest BCUT2D eigenvalue weighted by molar-refractivity contribution is 5.38. The molecule has 110 valence electrons. The molecule has 3 aliphatic rings. The Morgan fingerprint density at radius 3 is 2.70 bits per heavy atom. The second kappa shape index (κ2) is 4.90. The topological polar surface area (TPSA) is 0 Å². The number of hydrogen-bond donors (Lipinski definition) is 0. The van der Waals surface area contributed by atoms with Crippen molar-refractivity contribution in [1.29, 1.82) is 0 Å². The van der Waals surface area contributed by atoms with Crippen molar-refractivity contribution in [3.8, 4) is 0 Å². The van der Waals surface area contributed by atoms with Gasteiger partial charge in [0.15, 0.2) is 0 Å². The first kappa shape index (κ1) is 14.2. The maximum atomic E-state index is 2.57. The van der Waals surface area contributed by atoms with Gasteiger partial charge in [-0.25, -0.2) is 0 Å². The Balaban J connectivity index is 1.79. The minimum Gasteiger partial charge on any atom is -0.0844 e. The van der Waals surface area contributed by atoms with E-state index < -0.39 is 0 Å². The first-order valence-corrected chi connectivity index (χ1v) is 8.45. The number of allylic oxidation sites excluding steroid dienone is 6. The number of fused-ring (bicyclic) bond motifs is 1. The smallest absolute Gasteiger partial charge is 0.00197 e. The van der Waals surface area contributed by atoms with E-state index in [0.717, 1.165) is 30.1 Å². The van der Waals surface area contributed by atoms with Crippen LogP contribution in [0.15, 0.2) is 34.9 Å². The lowest BCUT2D eigenvalue weighted by atomic mass is 9.76. The molecule has 0 amide bonds. The van der Waals surface area contributed by atoms with Gasteiger partial charge in [0.2, 0.25) is 0 Å². The van der Waals surface area contributed by atoms with E-state index in [9.17, 15) is 0 Å². The molecule has 0 aromatic heterocycles. The van der Waals surface area contributed by atoms with Crippen molar-refractivity contribution in [3.63, 3.8) is 0 Å². The van der Waals surface area contributed by atoms with Crippen molar-refractivity contribution in [2.75, 3.05) is 0 Å². The van der Waals surface area contributed by atoms with E-state index in [1.54, 1.807) is 11.1 Å². The molecule has 0 N–H and O–H groups in total. The molecular formula is C20H30. The molecule has 0 aromatic rings. The van der Waals surface area contributed by atoms with Crippen molar-refractivity contribution >= 4 is 0 Å². The Labute approximate surface area is 125 Å². The van der Waals surface area contributed by atoms with Crippen LogP contribution in [0.3, 0.4) is 0 Å². The highest BCUT2D eigenvalue weighted by Crippen LogP contribution is 2.78. The zero-order valence-corrected chi connectivity index (χ0v) is 13.9. The van der Waals surface area contributed by atoms with Gasteiger partial charge in [0, 0.05) is 0 Å². The zero-order valence-electron chi connectivity index (χ0n) is 13.9. The Hall–Kier alpha value is -0.780. The van der Waals surface area contributed by atoms with Crippen LogP contribution in [0.1, 0.15) is 60.3 Å². The van der Waals surface area contributed by atoms with E-state index in [2.05, 4.69) is 52.8 Å². The average molecular weight is 270 g/mol. The molecule has 0 aliphatic heterocycles. The van der Waals surface area contributed by atoms with E-state index in [0.29, 0.717) is 5.41 Å². The summed E-state index contributed by atoms with van der Waals surface area (Å²) in [5, 5.41) is 0. The fourth-order valence-corrected chi connectivity index (χ4v) is 5.41. The quantitative estimate of drug-likeness (QED) is 0.559. The summed E-state index contributed by atoms with van der Waals surface area (Å²) in [5.74, 6) is 3.75. The molecule has 0 bridgehead atoms.